The van der Waals surface area contributed by atoms with E-state index in [-0.39, 0.29) is 24.5 Å². The lowest BCUT2D eigenvalue weighted by atomic mass is 10.1. The Morgan fingerprint density at radius 3 is 2.50 bits per heavy atom. The third-order valence-corrected chi connectivity index (χ3v) is 4.16. The first kappa shape index (κ1) is 16.0. The van der Waals surface area contributed by atoms with E-state index < -0.39 is 0 Å². The maximum Gasteiger partial charge on any atom is 0.226 e. The second-order valence-electron chi connectivity index (χ2n) is 5.11. The largest absolute Gasteiger partial charge is 0.302 e. The van der Waals surface area contributed by atoms with Crippen LogP contribution in [0.15, 0.2) is 60.2 Å². The zero-order chi connectivity index (χ0) is 16.8. The molecule has 1 N–H and O–H groups in total. The van der Waals surface area contributed by atoms with E-state index in [1.807, 2.05) is 35.7 Å². The molecule has 0 bridgehead atoms. The summed E-state index contributed by atoms with van der Waals surface area (Å²) >= 11 is 1.37. The molecule has 2 heterocycles. The molecular formula is C18H15N3O2S. The average Bonchev–Trinajstić information content (AvgIpc) is 3.09. The fraction of sp³-hybridized carbons (Fsp3) is 0.111. The maximum atomic E-state index is 12.0. The van der Waals surface area contributed by atoms with Crippen LogP contribution in [0.4, 0.5) is 5.13 Å². The van der Waals surface area contributed by atoms with E-state index >= 15 is 0 Å². The summed E-state index contributed by atoms with van der Waals surface area (Å²) < 4.78 is 0. The van der Waals surface area contributed by atoms with Crippen molar-refractivity contribution in [1.29, 1.82) is 0 Å². The van der Waals surface area contributed by atoms with Crippen molar-refractivity contribution in [2.24, 2.45) is 0 Å². The van der Waals surface area contributed by atoms with Crippen LogP contribution in [0.25, 0.3) is 11.3 Å². The Balaban J connectivity index is 1.54. The van der Waals surface area contributed by atoms with E-state index in [1.54, 1.807) is 24.5 Å². The summed E-state index contributed by atoms with van der Waals surface area (Å²) in [6.07, 6.45) is 3.41. The number of amides is 1. The average molecular weight is 337 g/mol. The Bertz CT molecular complexity index is 832. The summed E-state index contributed by atoms with van der Waals surface area (Å²) in [5.41, 5.74) is 2.39. The van der Waals surface area contributed by atoms with Gasteiger partial charge in [-0.05, 0) is 12.1 Å². The first-order chi connectivity index (χ1) is 11.7. The first-order valence-corrected chi connectivity index (χ1v) is 8.34. The van der Waals surface area contributed by atoms with Crippen molar-refractivity contribution in [3.63, 3.8) is 0 Å². The van der Waals surface area contributed by atoms with Gasteiger partial charge < -0.3 is 5.32 Å². The number of thiazole rings is 1. The highest BCUT2D eigenvalue weighted by Gasteiger charge is 2.11. The van der Waals surface area contributed by atoms with Crippen LogP contribution < -0.4 is 5.32 Å². The van der Waals surface area contributed by atoms with Crippen LogP contribution in [0, 0.1) is 0 Å². The number of pyridine rings is 1. The van der Waals surface area contributed by atoms with Crippen molar-refractivity contribution >= 4 is 28.2 Å². The molecule has 120 valence electrons. The molecule has 0 spiro atoms. The van der Waals surface area contributed by atoms with Gasteiger partial charge in [-0.3, -0.25) is 14.6 Å². The molecule has 0 saturated heterocycles. The molecule has 0 aliphatic rings. The van der Waals surface area contributed by atoms with Crippen molar-refractivity contribution in [1.82, 2.24) is 9.97 Å². The molecule has 0 aliphatic carbocycles. The van der Waals surface area contributed by atoms with E-state index in [9.17, 15) is 9.59 Å². The van der Waals surface area contributed by atoms with Gasteiger partial charge in [0.1, 0.15) is 0 Å². The van der Waals surface area contributed by atoms with Crippen LogP contribution in [0.1, 0.15) is 23.2 Å². The van der Waals surface area contributed by atoms with Crippen molar-refractivity contribution in [2.75, 3.05) is 5.32 Å². The lowest BCUT2D eigenvalue weighted by molar-refractivity contribution is -0.116. The Labute approximate surface area is 143 Å². The number of carbonyl (C=O) groups is 2. The molecule has 0 fully saturated rings. The van der Waals surface area contributed by atoms with Crippen LogP contribution in [0.2, 0.25) is 0 Å². The number of ketones is 1. The highest BCUT2D eigenvalue weighted by Crippen LogP contribution is 2.24. The second-order valence-corrected chi connectivity index (χ2v) is 5.97. The number of carbonyl (C=O) groups excluding carboxylic acids is 2. The summed E-state index contributed by atoms with van der Waals surface area (Å²) in [7, 11) is 0. The summed E-state index contributed by atoms with van der Waals surface area (Å²) in [5, 5.41) is 5.18. The molecule has 0 aliphatic heterocycles. The van der Waals surface area contributed by atoms with Gasteiger partial charge in [-0.15, -0.1) is 11.3 Å². The van der Waals surface area contributed by atoms with Gasteiger partial charge in [-0.2, -0.15) is 0 Å². The SMILES string of the molecule is O=C(CCC(=O)c1ccncc1)Nc1nc(-c2ccccc2)cs1. The minimum atomic E-state index is -0.216. The van der Waals surface area contributed by atoms with Gasteiger partial charge in [0.25, 0.3) is 0 Å². The quantitative estimate of drug-likeness (QED) is 0.694. The fourth-order valence-electron chi connectivity index (χ4n) is 2.16. The van der Waals surface area contributed by atoms with Gasteiger partial charge >= 0.3 is 0 Å². The van der Waals surface area contributed by atoms with Crippen molar-refractivity contribution in [3.8, 4) is 11.3 Å². The lowest BCUT2D eigenvalue weighted by Gasteiger charge is -2.02. The van der Waals surface area contributed by atoms with Crippen molar-refractivity contribution < 1.29 is 9.59 Å². The molecule has 3 aromatic rings. The molecule has 2 aromatic heterocycles. The molecule has 5 nitrogen and oxygen atoms in total. The number of nitrogens with one attached hydrogen (secondary N) is 1. The van der Waals surface area contributed by atoms with E-state index in [2.05, 4.69) is 15.3 Å². The highest BCUT2D eigenvalue weighted by molar-refractivity contribution is 7.14. The maximum absolute atomic E-state index is 12.0. The van der Waals surface area contributed by atoms with Gasteiger partial charge in [0.05, 0.1) is 5.69 Å². The van der Waals surface area contributed by atoms with Crippen LogP contribution >= 0.6 is 11.3 Å². The van der Waals surface area contributed by atoms with Gasteiger partial charge in [-0.1, -0.05) is 30.3 Å². The number of rotatable bonds is 6. The summed E-state index contributed by atoms with van der Waals surface area (Å²) in [6.45, 7) is 0. The second kappa shape index (κ2) is 7.61. The van der Waals surface area contributed by atoms with E-state index in [1.165, 1.54) is 11.3 Å². The number of hydrogen-bond donors (Lipinski definition) is 1. The van der Waals surface area contributed by atoms with Gasteiger partial charge in [0.2, 0.25) is 5.91 Å². The zero-order valence-electron chi connectivity index (χ0n) is 12.8. The Hall–Kier alpha value is -2.86. The highest BCUT2D eigenvalue weighted by atomic mass is 32.1. The molecule has 6 heteroatoms. The fourth-order valence-corrected chi connectivity index (χ4v) is 2.90. The molecule has 0 radical (unpaired) electrons. The monoisotopic (exact) mass is 337 g/mol. The minimum Gasteiger partial charge on any atom is -0.302 e. The van der Waals surface area contributed by atoms with E-state index in [0.29, 0.717) is 10.7 Å². The molecule has 24 heavy (non-hydrogen) atoms. The lowest BCUT2D eigenvalue weighted by Crippen LogP contribution is -2.13. The Morgan fingerprint density at radius 1 is 1.00 bits per heavy atom. The predicted octanol–water partition coefficient (Wildman–Crippen LogP) is 3.81. The number of hydrogen-bond acceptors (Lipinski definition) is 5. The topological polar surface area (TPSA) is 72.0 Å². The number of nitrogens with zero attached hydrogens (tertiary/aromatic N) is 2. The number of aromatic nitrogens is 2. The molecule has 0 saturated carbocycles. The van der Waals surface area contributed by atoms with Crippen molar-refractivity contribution in [3.05, 3.63) is 65.8 Å². The van der Waals surface area contributed by atoms with E-state index in [4.69, 9.17) is 0 Å². The number of Topliss-reactive ketones (excluding diaryl/α,β-unsaturated/α-hetero) is 1. The van der Waals surface area contributed by atoms with Crippen molar-refractivity contribution in [2.45, 2.75) is 12.8 Å². The van der Waals surface area contributed by atoms with Gasteiger partial charge in [0, 0.05) is 41.7 Å². The predicted molar refractivity (Wildman–Crippen MR) is 94.0 cm³/mol. The smallest absolute Gasteiger partial charge is 0.226 e. The summed E-state index contributed by atoms with van der Waals surface area (Å²) in [5.74, 6) is -0.289. The summed E-state index contributed by atoms with van der Waals surface area (Å²) in [6, 6.07) is 13.1. The summed E-state index contributed by atoms with van der Waals surface area (Å²) in [4.78, 5) is 32.2. The molecular weight excluding hydrogens is 322 g/mol. The van der Waals surface area contributed by atoms with Crippen LogP contribution in [0.3, 0.4) is 0 Å². The minimum absolute atomic E-state index is 0.0725. The first-order valence-electron chi connectivity index (χ1n) is 7.46. The van der Waals surface area contributed by atoms with Crippen LogP contribution in [-0.2, 0) is 4.79 Å². The Morgan fingerprint density at radius 2 is 1.75 bits per heavy atom. The number of anilines is 1. The molecule has 0 unspecified atom stereocenters. The molecule has 1 aromatic carbocycles. The normalized spacial score (nSPS) is 10.3. The van der Waals surface area contributed by atoms with Crippen LogP contribution in [-0.4, -0.2) is 21.7 Å². The molecule has 3 rings (SSSR count). The third kappa shape index (κ3) is 4.11. The molecule has 0 atom stereocenters. The van der Waals surface area contributed by atoms with Gasteiger partial charge in [0.15, 0.2) is 10.9 Å². The van der Waals surface area contributed by atoms with Crippen LogP contribution in [0.5, 0.6) is 0 Å². The number of benzene rings is 1. The zero-order valence-corrected chi connectivity index (χ0v) is 13.6. The molecule has 1 amide bonds. The Kier molecular flexibility index (Phi) is 5.08. The van der Waals surface area contributed by atoms with E-state index in [0.717, 1.165) is 11.3 Å². The standard InChI is InChI=1S/C18H15N3O2S/c22-16(14-8-10-19-11-9-14)6-7-17(23)21-18-20-15(12-24-18)13-4-2-1-3-5-13/h1-5,8-12H,6-7H2,(H,20,21,23). The third-order valence-electron chi connectivity index (χ3n) is 3.40. The van der Waals surface area contributed by atoms with Gasteiger partial charge in [-0.25, -0.2) is 4.98 Å².